The zero-order valence-corrected chi connectivity index (χ0v) is 18.4. The molecule has 1 aliphatic rings. The number of amides is 1. The summed E-state index contributed by atoms with van der Waals surface area (Å²) in [6.07, 6.45) is 4.72. The zero-order valence-electron chi connectivity index (χ0n) is 18.4. The van der Waals surface area contributed by atoms with Crippen LogP contribution in [0.15, 0.2) is 84.7 Å². The Bertz CT molecular complexity index is 1040. The summed E-state index contributed by atoms with van der Waals surface area (Å²) in [4.78, 5) is 29.6. The third kappa shape index (κ3) is 5.34. The van der Waals surface area contributed by atoms with Gasteiger partial charge >= 0.3 is 0 Å². The van der Waals surface area contributed by atoms with E-state index in [2.05, 4.69) is 6.58 Å². The molecule has 0 aromatic heterocycles. The van der Waals surface area contributed by atoms with Gasteiger partial charge in [-0.15, -0.1) is 0 Å². The zero-order chi connectivity index (χ0) is 23.1. The van der Waals surface area contributed by atoms with Crippen LogP contribution in [-0.2, 0) is 9.59 Å². The number of aliphatic hydroxyl groups is 1. The highest BCUT2D eigenvalue weighted by Crippen LogP contribution is 2.38. The van der Waals surface area contributed by atoms with Crippen molar-refractivity contribution >= 4 is 17.8 Å². The Morgan fingerprint density at radius 1 is 1.19 bits per heavy atom. The minimum atomic E-state index is -0.706. The van der Waals surface area contributed by atoms with Gasteiger partial charge in [-0.2, -0.15) is 0 Å². The average molecular weight is 433 g/mol. The number of benzene rings is 2. The number of hydrogen-bond acceptors (Lipinski definition) is 5. The predicted molar refractivity (Wildman–Crippen MR) is 125 cm³/mol. The van der Waals surface area contributed by atoms with E-state index in [1.54, 1.807) is 30.4 Å². The Kier molecular flexibility index (Phi) is 7.63. The van der Waals surface area contributed by atoms with E-state index in [4.69, 9.17) is 4.74 Å². The molecule has 2 aromatic rings. The largest absolute Gasteiger partial charge is 0.503 e. The molecule has 3 rings (SSSR count). The maximum absolute atomic E-state index is 13.2. The third-order valence-corrected chi connectivity index (χ3v) is 5.13. The molecule has 1 N–H and O–H groups in total. The summed E-state index contributed by atoms with van der Waals surface area (Å²) in [5.41, 5.74) is 1.62. The SMILES string of the molecule is C=CCOc1cccc(C2C(C(=O)C=Cc3ccccc3)=C(O)C(=O)N2CCN(C)C)c1. The molecule has 0 saturated carbocycles. The lowest BCUT2D eigenvalue weighted by Gasteiger charge is -2.28. The number of rotatable bonds is 10. The van der Waals surface area contributed by atoms with Gasteiger partial charge in [0.1, 0.15) is 12.4 Å². The summed E-state index contributed by atoms with van der Waals surface area (Å²) in [6.45, 7) is 4.94. The van der Waals surface area contributed by atoms with Crippen LogP contribution in [0.5, 0.6) is 5.75 Å². The van der Waals surface area contributed by atoms with Gasteiger partial charge < -0.3 is 19.6 Å². The van der Waals surface area contributed by atoms with Crippen molar-refractivity contribution in [3.8, 4) is 5.75 Å². The molecular formula is C26H28N2O4. The van der Waals surface area contributed by atoms with Crippen LogP contribution in [0.2, 0.25) is 0 Å². The summed E-state index contributed by atoms with van der Waals surface area (Å²) in [7, 11) is 3.81. The first-order valence-corrected chi connectivity index (χ1v) is 10.4. The van der Waals surface area contributed by atoms with Gasteiger partial charge in [-0.3, -0.25) is 9.59 Å². The number of allylic oxidation sites excluding steroid dienone is 1. The first-order valence-electron chi connectivity index (χ1n) is 10.4. The Morgan fingerprint density at radius 3 is 2.62 bits per heavy atom. The lowest BCUT2D eigenvalue weighted by Crippen LogP contribution is -2.36. The van der Waals surface area contributed by atoms with Crippen LogP contribution in [0.1, 0.15) is 17.2 Å². The highest BCUT2D eigenvalue weighted by molar-refractivity contribution is 6.14. The van der Waals surface area contributed by atoms with Gasteiger partial charge in [0.05, 0.1) is 11.6 Å². The molecule has 1 unspecified atom stereocenters. The molecule has 1 heterocycles. The number of aliphatic hydroxyl groups excluding tert-OH is 1. The van der Waals surface area contributed by atoms with Crippen molar-refractivity contribution in [2.24, 2.45) is 0 Å². The molecule has 0 fully saturated rings. The van der Waals surface area contributed by atoms with Crippen LogP contribution in [0.4, 0.5) is 0 Å². The molecule has 0 radical (unpaired) electrons. The Morgan fingerprint density at radius 2 is 1.94 bits per heavy atom. The van der Waals surface area contributed by atoms with Gasteiger partial charge in [0.2, 0.25) is 0 Å². The normalized spacial score (nSPS) is 16.3. The van der Waals surface area contributed by atoms with Crippen LogP contribution >= 0.6 is 0 Å². The quantitative estimate of drug-likeness (QED) is 0.457. The second kappa shape index (κ2) is 10.6. The maximum atomic E-state index is 13.2. The molecule has 6 heteroatoms. The van der Waals surface area contributed by atoms with Crippen molar-refractivity contribution in [1.29, 1.82) is 0 Å². The lowest BCUT2D eigenvalue weighted by atomic mass is 9.95. The fourth-order valence-corrected chi connectivity index (χ4v) is 3.55. The van der Waals surface area contributed by atoms with Crippen molar-refractivity contribution in [1.82, 2.24) is 9.80 Å². The number of ketones is 1. The van der Waals surface area contributed by atoms with E-state index in [1.807, 2.05) is 55.4 Å². The molecule has 0 saturated heterocycles. The Balaban J connectivity index is 1.98. The highest BCUT2D eigenvalue weighted by Gasteiger charge is 2.42. The molecule has 1 amide bonds. The number of ether oxygens (including phenoxy) is 1. The van der Waals surface area contributed by atoms with Crippen molar-refractivity contribution in [2.45, 2.75) is 6.04 Å². The topological polar surface area (TPSA) is 70.1 Å². The van der Waals surface area contributed by atoms with Gasteiger partial charge in [0.25, 0.3) is 5.91 Å². The average Bonchev–Trinajstić information content (AvgIpc) is 3.05. The Labute approximate surface area is 188 Å². The van der Waals surface area contributed by atoms with E-state index in [0.717, 1.165) is 5.56 Å². The lowest BCUT2D eigenvalue weighted by molar-refractivity contribution is -0.129. The van der Waals surface area contributed by atoms with E-state index >= 15 is 0 Å². The summed E-state index contributed by atoms with van der Waals surface area (Å²) >= 11 is 0. The van der Waals surface area contributed by atoms with E-state index in [-0.39, 0.29) is 5.57 Å². The first-order chi connectivity index (χ1) is 15.4. The molecule has 0 bridgehead atoms. The molecule has 2 aromatic carbocycles. The van der Waals surface area contributed by atoms with Gasteiger partial charge in [0, 0.05) is 13.1 Å². The van der Waals surface area contributed by atoms with Crippen molar-refractivity contribution in [3.63, 3.8) is 0 Å². The van der Waals surface area contributed by atoms with E-state index in [1.165, 1.54) is 11.0 Å². The second-order valence-corrected chi connectivity index (χ2v) is 7.75. The minimum absolute atomic E-state index is 0.0711. The first kappa shape index (κ1) is 23.0. The molecule has 0 aliphatic carbocycles. The smallest absolute Gasteiger partial charge is 0.290 e. The molecule has 32 heavy (non-hydrogen) atoms. The standard InChI is InChI=1S/C26H28N2O4/c1-4-17-32-21-12-8-11-20(18-21)24-23(22(29)14-13-19-9-6-5-7-10-19)25(30)26(31)28(24)16-15-27(2)3/h4-14,18,24,30H,1,15-17H2,2-3H3. The van der Waals surface area contributed by atoms with Crippen LogP contribution in [0, 0.1) is 0 Å². The van der Waals surface area contributed by atoms with Crippen LogP contribution < -0.4 is 4.74 Å². The maximum Gasteiger partial charge on any atom is 0.290 e. The van der Waals surface area contributed by atoms with E-state index in [9.17, 15) is 14.7 Å². The molecular weight excluding hydrogens is 404 g/mol. The van der Waals surface area contributed by atoms with Gasteiger partial charge in [-0.25, -0.2) is 0 Å². The summed E-state index contributed by atoms with van der Waals surface area (Å²) in [5.74, 6) is -0.866. The summed E-state index contributed by atoms with van der Waals surface area (Å²) < 4.78 is 5.64. The molecule has 6 nitrogen and oxygen atoms in total. The second-order valence-electron chi connectivity index (χ2n) is 7.75. The van der Waals surface area contributed by atoms with E-state index < -0.39 is 23.5 Å². The molecule has 0 spiro atoms. The van der Waals surface area contributed by atoms with E-state index in [0.29, 0.717) is 31.0 Å². The van der Waals surface area contributed by atoms with Gasteiger partial charge in [-0.05, 0) is 43.4 Å². The van der Waals surface area contributed by atoms with Crippen LogP contribution in [-0.4, -0.2) is 60.4 Å². The fraction of sp³-hybridized carbons (Fsp3) is 0.231. The van der Waals surface area contributed by atoms with Crippen molar-refractivity contribution in [3.05, 3.63) is 95.8 Å². The molecule has 1 atom stereocenters. The number of hydrogen-bond donors (Lipinski definition) is 1. The summed E-state index contributed by atoms with van der Waals surface area (Å²) in [6, 6.07) is 15.9. The predicted octanol–water partition coefficient (Wildman–Crippen LogP) is 3.79. The highest BCUT2D eigenvalue weighted by atomic mass is 16.5. The number of likely N-dealkylation sites (N-methyl/N-ethyl adjacent to an activating group) is 1. The molecule has 1 aliphatic heterocycles. The van der Waals surface area contributed by atoms with Crippen molar-refractivity contribution < 1.29 is 19.4 Å². The van der Waals surface area contributed by atoms with Gasteiger partial charge in [-0.1, -0.05) is 61.2 Å². The van der Waals surface area contributed by atoms with Crippen molar-refractivity contribution in [2.75, 3.05) is 33.8 Å². The van der Waals surface area contributed by atoms with Crippen LogP contribution in [0.25, 0.3) is 6.08 Å². The fourth-order valence-electron chi connectivity index (χ4n) is 3.55. The Hall–Kier alpha value is -3.64. The number of carbonyl (C=O) groups excluding carboxylic acids is 2. The monoisotopic (exact) mass is 432 g/mol. The van der Waals surface area contributed by atoms with Gasteiger partial charge in [0.15, 0.2) is 11.5 Å². The summed E-state index contributed by atoms with van der Waals surface area (Å²) in [5, 5.41) is 10.7. The third-order valence-electron chi connectivity index (χ3n) is 5.13. The van der Waals surface area contributed by atoms with Crippen LogP contribution in [0.3, 0.4) is 0 Å². The number of carbonyl (C=O) groups is 2. The minimum Gasteiger partial charge on any atom is -0.503 e. The molecule has 166 valence electrons. The number of nitrogens with zero attached hydrogens (tertiary/aromatic N) is 2.